The molecule has 68 valence electrons. The molecule has 0 atom stereocenters. The predicted octanol–water partition coefficient (Wildman–Crippen LogP) is 2.11. The molecule has 0 bridgehead atoms. The molecule has 0 aliphatic carbocycles. The van der Waals surface area contributed by atoms with Crippen molar-refractivity contribution in [2.45, 2.75) is 6.42 Å². The van der Waals surface area contributed by atoms with Gasteiger partial charge in [0.15, 0.2) is 0 Å². The van der Waals surface area contributed by atoms with Crippen molar-refractivity contribution in [3.05, 3.63) is 34.6 Å². The summed E-state index contributed by atoms with van der Waals surface area (Å²) in [6, 6.07) is 1.94. The molecule has 0 aromatic carbocycles. The minimum Gasteiger partial charge on any atom is -0.313 e. The summed E-state index contributed by atoms with van der Waals surface area (Å²) in [5, 5.41) is 4.01. The van der Waals surface area contributed by atoms with Crippen molar-refractivity contribution in [3.63, 3.8) is 0 Å². The molecule has 2 nitrogen and oxygen atoms in total. The van der Waals surface area contributed by atoms with Crippen LogP contribution in [-0.4, -0.2) is 18.1 Å². The molecule has 2 heterocycles. The fraction of sp³-hybridized carbons (Fsp3) is 0.300. The van der Waals surface area contributed by atoms with E-state index in [1.807, 2.05) is 6.07 Å². The van der Waals surface area contributed by atoms with Gasteiger partial charge in [-0.3, -0.25) is 4.98 Å². The summed E-state index contributed by atoms with van der Waals surface area (Å²) < 4.78 is 0. The molecule has 0 saturated carbocycles. The highest BCUT2D eigenvalue weighted by atomic mass is 35.5. The quantitative estimate of drug-likeness (QED) is 0.741. The van der Waals surface area contributed by atoms with Gasteiger partial charge in [0.1, 0.15) is 0 Å². The summed E-state index contributed by atoms with van der Waals surface area (Å²) in [6.45, 7) is 2.06. The number of pyridine rings is 1. The van der Waals surface area contributed by atoms with Gasteiger partial charge in [0.2, 0.25) is 0 Å². The Hall–Kier alpha value is -0.860. The molecule has 1 N–H and O–H groups in total. The molecular formula is C10H11ClN2. The minimum absolute atomic E-state index is 0.724. The molecule has 2 rings (SSSR count). The van der Waals surface area contributed by atoms with Crippen molar-refractivity contribution in [2.75, 3.05) is 13.1 Å². The molecule has 0 amide bonds. The Balaban J connectivity index is 2.25. The topological polar surface area (TPSA) is 24.9 Å². The number of hydrogen-bond donors (Lipinski definition) is 1. The predicted molar refractivity (Wildman–Crippen MR) is 54.7 cm³/mol. The van der Waals surface area contributed by atoms with Crippen LogP contribution in [0.2, 0.25) is 5.02 Å². The van der Waals surface area contributed by atoms with E-state index in [0.29, 0.717) is 0 Å². The number of aromatic nitrogens is 1. The van der Waals surface area contributed by atoms with Crippen LogP contribution in [0.4, 0.5) is 0 Å². The molecule has 1 saturated heterocycles. The van der Waals surface area contributed by atoms with Crippen LogP contribution in [0, 0.1) is 0 Å². The number of hydrogen-bond acceptors (Lipinski definition) is 2. The normalized spacial score (nSPS) is 19.6. The van der Waals surface area contributed by atoms with Crippen LogP contribution in [-0.2, 0) is 0 Å². The first kappa shape index (κ1) is 8.73. The third-order valence-corrected chi connectivity index (χ3v) is 2.45. The average molecular weight is 195 g/mol. The molecule has 1 aliphatic heterocycles. The lowest BCUT2D eigenvalue weighted by Gasteiger charge is -1.98. The first-order chi connectivity index (χ1) is 6.36. The van der Waals surface area contributed by atoms with E-state index < -0.39 is 0 Å². The summed E-state index contributed by atoms with van der Waals surface area (Å²) >= 11 is 5.98. The number of nitrogens with one attached hydrogen (secondary N) is 1. The van der Waals surface area contributed by atoms with Gasteiger partial charge < -0.3 is 5.32 Å². The molecule has 3 heteroatoms. The molecule has 1 fully saturated rings. The van der Waals surface area contributed by atoms with E-state index in [-0.39, 0.29) is 0 Å². The third kappa shape index (κ3) is 2.08. The van der Waals surface area contributed by atoms with Gasteiger partial charge in [-0.05, 0) is 24.6 Å². The Bertz CT molecular complexity index is 325. The summed E-state index contributed by atoms with van der Waals surface area (Å²) in [5.74, 6) is 0. The monoisotopic (exact) mass is 194 g/mol. The van der Waals surface area contributed by atoms with Crippen LogP contribution >= 0.6 is 11.6 Å². The summed E-state index contributed by atoms with van der Waals surface area (Å²) in [6.07, 6.45) is 6.71. The molecule has 13 heavy (non-hydrogen) atoms. The van der Waals surface area contributed by atoms with Gasteiger partial charge in [0.05, 0.1) is 5.02 Å². The largest absolute Gasteiger partial charge is 0.313 e. The first-order valence-electron chi connectivity index (χ1n) is 4.36. The number of rotatable bonds is 1. The Labute approximate surface area is 82.6 Å². The van der Waals surface area contributed by atoms with Crippen LogP contribution in [0.3, 0.4) is 0 Å². The van der Waals surface area contributed by atoms with Gasteiger partial charge in [0.25, 0.3) is 0 Å². The Morgan fingerprint density at radius 3 is 3.15 bits per heavy atom. The van der Waals surface area contributed by atoms with E-state index in [9.17, 15) is 0 Å². The van der Waals surface area contributed by atoms with E-state index in [4.69, 9.17) is 11.6 Å². The van der Waals surface area contributed by atoms with Crippen molar-refractivity contribution < 1.29 is 0 Å². The molecule has 1 aromatic rings. The third-order valence-electron chi connectivity index (χ3n) is 2.14. The second kappa shape index (κ2) is 3.90. The number of halogens is 1. The van der Waals surface area contributed by atoms with Crippen molar-refractivity contribution in [3.8, 4) is 0 Å². The van der Waals surface area contributed by atoms with E-state index >= 15 is 0 Å². The molecular weight excluding hydrogens is 184 g/mol. The lowest BCUT2D eigenvalue weighted by Crippen LogP contribution is -2.04. The number of nitrogens with zero attached hydrogens (tertiary/aromatic N) is 1. The second-order valence-electron chi connectivity index (χ2n) is 3.13. The lowest BCUT2D eigenvalue weighted by atomic mass is 10.1. The van der Waals surface area contributed by atoms with Gasteiger partial charge in [-0.2, -0.15) is 0 Å². The highest BCUT2D eigenvalue weighted by molar-refractivity contribution is 6.31. The second-order valence-corrected chi connectivity index (χ2v) is 3.53. The standard InChI is InChI=1S/C10H11ClN2/c11-10-7-13-4-2-9(10)5-8-1-3-12-6-8/h2,4-5,7,12H,1,3,6H2. The maximum absolute atomic E-state index is 5.98. The SMILES string of the molecule is Clc1cnccc1C=C1CCNC1. The summed E-state index contributed by atoms with van der Waals surface area (Å²) in [7, 11) is 0. The minimum atomic E-state index is 0.724. The van der Waals surface area contributed by atoms with Gasteiger partial charge in [-0.1, -0.05) is 23.3 Å². The van der Waals surface area contributed by atoms with E-state index in [1.165, 1.54) is 5.57 Å². The van der Waals surface area contributed by atoms with Crippen molar-refractivity contribution in [1.29, 1.82) is 0 Å². The zero-order valence-corrected chi connectivity index (χ0v) is 8.01. The van der Waals surface area contributed by atoms with Crippen LogP contribution in [0.15, 0.2) is 24.0 Å². The van der Waals surface area contributed by atoms with E-state index in [1.54, 1.807) is 12.4 Å². The Morgan fingerprint density at radius 2 is 2.46 bits per heavy atom. The molecule has 1 aliphatic rings. The van der Waals surface area contributed by atoms with Crippen molar-refractivity contribution in [1.82, 2.24) is 10.3 Å². The van der Waals surface area contributed by atoms with Crippen LogP contribution in [0.5, 0.6) is 0 Å². The average Bonchev–Trinajstić information content (AvgIpc) is 2.61. The maximum atomic E-state index is 5.98. The van der Waals surface area contributed by atoms with Crippen LogP contribution in [0.1, 0.15) is 12.0 Å². The first-order valence-corrected chi connectivity index (χ1v) is 4.74. The molecule has 0 radical (unpaired) electrons. The smallest absolute Gasteiger partial charge is 0.0661 e. The zero-order valence-electron chi connectivity index (χ0n) is 7.26. The zero-order chi connectivity index (χ0) is 9.10. The molecule has 0 unspecified atom stereocenters. The van der Waals surface area contributed by atoms with Crippen molar-refractivity contribution >= 4 is 17.7 Å². The van der Waals surface area contributed by atoms with Gasteiger partial charge in [-0.25, -0.2) is 0 Å². The Kier molecular flexibility index (Phi) is 2.62. The lowest BCUT2D eigenvalue weighted by molar-refractivity contribution is 0.862. The van der Waals surface area contributed by atoms with Crippen LogP contribution in [0.25, 0.3) is 6.08 Å². The highest BCUT2D eigenvalue weighted by Crippen LogP contribution is 2.18. The van der Waals surface area contributed by atoms with E-state index in [0.717, 1.165) is 30.1 Å². The van der Waals surface area contributed by atoms with Gasteiger partial charge >= 0.3 is 0 Å². The van der Waals surface area contributed by atoms with Gasteiger partial charge in [0, 0.05) is 18.9 Å². The fourth-order valence-electron chi connectivity index (χ4n) is 1.43. The summed E-state index contributed by atoms with van der Waals surface area (Å²) in [5.41, 5.74) is 2.48. The maximum Gasteiger partial charge on any atom is 0.0661 e. The molecule has 1 aromatic heterocycles. The fourth-order valence-corrected chi connectivity index (χ4v) is 1.61. The van der Waals surface area contributed by atoms with Crippen LogP contribution < -0.4 is 5.32 Å². The van der Waals surface area contributed by atoms with Crippen molar-refractivity contribution in [2.24, 2.45) is 0 Å². The van der Waals surface area contributed by atoms with E-state index in [2.05, 4.69) is 16.4 Å². The Morgan fingerprint density at radius 1 is 1.54 bits per heavy atom. The molecule has 0 spiro atoms. The highest BCUT2D eigenvalue weighted by Gasteiger charge is 2.05. The summed E-state index contributed by atoms with van der Waals surface area (Å²) in [4.78, 5) is 3.94. The van der Waals surface area contributed by atoms with Gasteiger partial charge in [-0.15, -0.1) is 0 Å².